The lowest BCUT2D eigenvalue weighted by Crippen LogP contribution is -2.49. The van der Waals surface area contributed by atoms with Gasteiger partial charge in [0.2, 0.25) is 11.8 Å². The van der Waals surface area contributed by atoms with E-state index in [0.717, 1.165) is 19.4 Å². The van der Waals surface area contributed by atoms with Crippen LogP contribution < -0.4 is 10.6 Å². The van der Waals surface area contributed by atoms with Crippen molar-refractivity contribution in [2.75, 3.05) is 31.5 Å². The smallest absolute Gasteiger partial charge is 0.244 e. The second-order valence-electron chi connectivity index (χ2n) is 7.02. The zero-order valence-corrected chi connectivity index (χ0v) is 16.1. The molecular weight excluding hydrogens is 358 g/mol. The van der Waals surface area contributed by atoms with Gasteiger partial charge in [-0.3, -0.25) is 14.3 Å². The number of ether oxygens (including phenoxy) is 1. The molecule has 2 fully saturated rings. The Bertz CT molecular complexity index is 607. The topological polar surface area (TPSA) is 88.5 Å². The molecule has 2 amide bonds. The summed E-state index contributed by atoms with van der Waals surface area (Å²) in [4.78, 5) is 26.5. The van der Waals surface area contributed by atoms with Gasteiger partial charge in [0.25, 0.3) is 0 Å². The first-order valence-electron chi connectivity index (χ1n) is 8.98. The van der Waals surface area contributed by atoms with E-state index in [2.05, 4.69) is 15.7 Å². The molecule has 146 valence electrons. The summed E-state index contributed by atoms with van der Waals surface area (Å²) >= 11 is 0. The molecule has 3 rings (SSSR count). The summed E-state index contributed by atoms with van der Waals surface area (Å²) in [6, 6.07) is 0. The zero-order valence-electron chi connectivity index (χ0n) is 15.3. The highest BCUT2D eigenvalue weighted by Crippen LogP contribution is 2.15. The van der Waals surface area contributed by atoms with Crippen molar-refractivity contribution in [2.24, 2.45) is 5.92 Å². The maximum atomic E-state index is 12.5. The molecule has 0 saturated carbocycles. The highest BCUT2D eigenvalue weighted by molar-refractivity contribution is 5.92. The molecule has 3 atom stereocenters. The van der Waals surface area contributed by atoms with Gasteiger partial charge < -0.3 is 20.3 Å². The minimum absolute atomic E-state index is 0. The molecule has 2 aliphatic heterocycles. The third-order valence-corrected chi connectivity index (χ3v) is 4.64. The van der Waals surface area contributed by atoms with Crippen LogP contribution in [-0.4, -0.2) is 64.9 Å². The van der Waals surface area contributed by atoms with Crippen molar-refractivity contribution < 1.29 is 14.3 Å². The van der Waals surface area contributed by atoms with Gasteiger partial charge in [-0.05, 0) is 33.2 Å². The quantitative estimate of drug-likeness (QED) is 0.803. The average Bonchev–Trinajstić information content (AvgIpc) is 3.01. The van der Waals surface area contributed by atoms with E-state index >= 15 is 0 Å². The predicted molar refractivity (Wildman–Crippen MR) is 100 cm³/mol. The van der Waals surface area contributed by atoms with E-state index in [0.29, 0.717) is 25.3 Å². The number of carbonyl (C=O) groups is 2. The summed E-state index contributed by atoms with van der Waals surface area (Å²) in [5.74, 6) is 0.0171. The van der Waals surface area contributed by atoms with Crippen molar-refractivity contribution >= 4 is 29.9 Å². The van der Waals surface area contributed by atoms with E-state index < -0.39 is 0 Å². The first kappa shape index (κ1) is 20.7. The Morgan fingerprint density at radius 1 is 1.35 bits per heavy atom. The third-order valence-electron chi connectivity index (χ3n) is 4.64. The Morgan fingerprint density at radius 2 is 2.08 bits per heavy atom. The van der Waals surface area contributed by atoms with E-state index in [1.165, 1.54) is 0 Å². The van der Waals surface area contributed by atoms with Gasteiger partial charge in [-0.15, -0.1) is 12.4 Å². The van der Waals surface area contributed by atoms with Crippen LogP contribution in [0.3, 0.4) is 0 Å². The van der Waals surface area contributed by atoms with Crippen LogP contribution >= 0.6 is 12.4 Å². The van der Waals surface area contributed by atoms with Gasteiger partial charge in [-0.25, -0.2) is 0 Å². The number of carbonyl (C=O) groups excluding carboxylic acids is 2. The van der Waals surface area contributed by atoms with Crippen molar-refractivity contribution in [1.82, 2.24) is 20.0 Å². The molecule has 0 aliphatic carbocycles. The molecule has 3 unspecified atom stereocenters. The second-order valence-corrected chi connectivity index (χ2v) is 7.02. The standard InChI is InChI=1S/C17H27N5O3.ClH/c1-12-8-21(9-13(2)25-12)16(23)11-22-10-15(7-19-22)20-17(24)14-4-3-5-18-6-14;/h7,10,12-14,18H,3-6,8-9,11H2,1-2H3,(H,20,24);1H. The van der Waals surface area contributed by atoms with Crippen molar-refractivity contribution in [3.63, 3.8) is 0 Å². The highest BCUT2D eigenvalue weighted by atomic mass is 35.5. The summed E-state index contributed by atoms with van der Waals surface area (Å²) in [6.07, 6.45) is 5.31. The molecule has 0 radical (unpaired) electrons. The molecule has 26 heavy (non-hydrogen) atoms. The molecule has 1 aromatic rings. The molecule has 9 heteroatoms. The van der Waals surface area contributed by atoms with Crippen LogP contribution in [0, 0.1) is 5.92 Å². The number of morpholine rings is 1. The summed E-state index contributed by atoms with van der Waals surface area (Å²) in [7, 11) is 0. The monoisotopic (exact) mass is 385 g/mol. The fraction of sp³-hybridized carbons (Fsp3) is 0.706. The fourth-order valence-corrected chi connectivity index (χ4v) is 3.45. The number of amides is 2. The van der Waals surface area contributed by atoms with E-state index in [4.69, 9.17) is 4.74 Å². The maximum Gasteiger partial charge on any atom is 0.244 e. The first-order valence-corrected chi connectivity index (χ1v) is 8.98. The molecule has 2 aliphatic rings. The summed E-state index contributed by atoms with van der Waals surface area (Å²) in [5, 5.41) is 10.3. The molecule has 8 nitrogen and oxygen atoms in total. The molecular formula is C17H28ClN5O3. The Kier molecular flexibility index (Phi) is 7.43. The number of rotatable bonds is 4. The molecule has 1 aromatic heterocycles. The van der Waals surface area contributed by atoms with Gasteiger partial charge >= 0.3 is 0 Å². The minimum Gasteiger partial charge on any atom is -0.372 e. The van der Waals surface area contributed by atoms with Gasteiger partial charge in [-0.1, -0.05) is 0 Å². The number of hydrogen-bond donors (Lipinski definition) is 2. The normalized spacial score (nSPS) is 26.1. The van der Waals surface area contributed by atoms with Gasteiger partial charge in [0.15, 0.2) is 0 Å². The highest BCUT2D eigenvalue weighted by Gasteiger charge is 2.26. The van der Waals surface area contributed by atoms with E-state index in [-0.39, 0.29) is 48.9 Å². The maximum absolute atomic E-state index is 12.5. The predicted octanol–water partition coefficient (Wildman–Crippen LogP) is 0.879. The van der Waals surface area contributed by atoms with Crippen LogP contribution in [-0.2, 0) is 20.9 Å². The average molecular weight is 386 g/mol. The molecule has 2 saturated heterocycles. The lowest BCUT2D eigenvalue weighted by atomic mass is 9.99. The van der Waals surface area contributed by atoms with Crippen molar-refractivity contribution in [2.45, 2.75) is 45.4 Å². The van der Waals surface area contributed by atoms with Crippen LogP contribution in [0.15, 0.2) is 12.4 Å². The van der Waals surface area contributed by atoms with Gasteiger partial charge in [-0.2, -0.15) is 5.10 Å². The van der Waals surface area contributed by atoms with E-state index in [1.54, 1.807) is 17.1 Å². The van der Waals surface area contributed by atoms with Gasteiger partial charge in [0.05, 0.1) is 30.0 Å². The third kappa shape index (κ3) is 5.43. The number of piperidine rings is 1. The molecule has 0 aromatic carbocycles. The number of hydrogen-bond acceptors (Lipinski definition) is 5. The number of anilines is 1. The van der Waals surface area contributed by atoms with Crippen molar-refractivity contribution in [1.29, 1.82) is 0 Å². The summed E-state index contributed by atoms with van der Waals surface area (Å²) < 4.78 is 7.22. The Balaban J connectivity index is 0.00000243. The number of halogens is 1. The summed E-state index contributed by atoms with van der Waals surface area (Å²) in [6.45, 7) is 7.00. The van der Waals surface area contributed by atoms with Crippen LogP contribution in [0.2, 0.25) is 0 Å². The van der Waals surface area contributed by atoms with Crippen LogP contribution in [0.25, 0.3) is 0 Å². The van der Waals surface area contributed by atoms with Crippen LogP contribution in [0.5, 0.6) is 0 Å². The lowest BCUT2D eigenvalue weighted by Gasteiger charge is -2.35. The second kappa shape index (κ2) is 9.34. The Hall–Kier alpha value is -1.64. The molecule has 0 bridgehead atoms. The van der Waals surface area contributed by atoms with Gasteiger partial charge in [0.1, 0.15) is 6.54 Å². The largest absolute Gasteiger partial charge is 0.372 e. The zero-order chi connectivity index (χ0) is 17.8. The van der Waals surface area contributed by atoms with Crippen LogP contribution in [0.1, 0.15) is 26.7 Å². The number of aromatic nitrogens is 2. The Morgan fingerprint density at radius 3 is 2.73 bits per heavy atom. The summed E-state index contributed by atoms with van der Waals surface area (Å²) in [5.41, 5.74) is 0.632. The molecule has 3 heterocycles. The van der Waals surface area contributed by atoms with Gasteiger partial charge in [0, 0.05) is 25.8 Å². The van der Waals surface area contributed by atoms with E-state index in [9.17, 15) is 9.59 Å². The SMILES string of the molecule is CC1CN(C(=O)Cn2cc(NC(=O)C3CCCNC3)cn2)CC(C)O1.Cl. The number of nitrogens with one attached hydrogen (secondary N) is 2. The first-order chi connectivity index (χ1) is 12.0. The van der Waals surface area contributed by atoms with Crippen molar-refractivity contribution in [3.05, 3.63) is 12.4 Å². The number of nitrogens with zero attached hydrogens (tertiary/aromatic N) is 3. The lowest BCUT2D eigenvalue weighted by molar-refractivity contribution is -0.144. The molecule has 2 N–H and O–H groups in total. The van der Waals surface area contributed by atoms with Crippen LogP contribution in [0.4, 0.5) is 5.69 Å². The molecule has 0 spiro atoms. The Labute approximate surface area is 160 Å². The minimum atomic E-state index is -0.00458. The van der Waals surface area contributed by atoms with Crippen molar-refractivity contribution in [3.8, 4) is 0 Å². The fourth-order valence-electron chi connectivity index (χ4n) is 3.45. The van der Waals surface area contributed by atoms with E-state index in [1.807, 2.05) is 18.7 Å².